The van der Waals surface area contributed by atoms with Crippen LogP contribution in [-0.4, -0.2) is 29.1 Å². The number of benzene rings is 1. The smallest absolute Gasteiger partial charge is 0.339 e. The predicted octanol–water partition coefficient (Wildman–Crippen LogP) is 4.57. The van der Waals surface area contributed by atoms with Crippen molar-refractivity contribution < 1.29 is 18.8 Å². The van der Waals surface area contributed by atoms with Gasteiger partial charge < -0.3 is 14.6 Å². The lowest BCUT2D eigenvalue weighted by atomic mass is 10.0. The summed E-state index contributed by atoms with van der Waals surface area (Å²) in [6.45, 7) is 5.85. The topological polar surface area (TPSA) is 94.3 Å². The maximum absolute atomic E-state index is 13.3. The Morgan fingerprint density at radius 2 is 1.97 bits per heavy atom. The maximum Gasteiger partial charge on any atom is 0.339 e. The molecule has 7 heteroatoms. The first-order chi connectivity index (χ1) is 13.9. The van der Waals surface area contributed by atoms with Gasteiger partial charge in [-0.15, -0.1) is 0 Å². The molecule has 1 N–H and O–H groups in total. The van der Waals surface area contributed by atoms with E-state index >= 15 is 0 Å². The van der Waals surface area contributed by atoms with Gasteiger partial charge in [-0.1, -0.05) is 30.6 Å². The molecule has 1 aliphatic rings. The Kier molecular flexibility index (Phi) is 4.82. The maximum atomic E-state index is 13.3. The number of esters is 1. The molecule has 7 nitrogen and oxygen atoms in total. The molecule has 1 fully saturated rings. The highest BCUT2D eigenvalue weighted by Gasteiger charge is 2.30. The van der Waals surface area contributed by atoms with E-state index in [1.807, 2.05) is 32.9 Å². The van der Waals surface area contributed by atoms with Gasteiger partial charge in [0.1, 0.15) is 0 Å². The second kappa shape index (κ2) is 7.31. The van der Waals surface area contributed by atoms with E-state index in [0.29, 0.717) is 39.5 Å². The van der Waals surface area contributed by atoms with Crippen LogP contribution >= 0.6 is 0 Å². The molecule has 0 atom stereocenters. The molecule has 0 saturated heterocycles. The van der Waals surface area contributed by atoms with Gasteiger partial charge >= 0.3 is 5.97 Å². The zero-order valence-corrected chi connectivity index (χ0v) is 16.9. The normalized spacial score (nSPS) is 13.7. The highest BCUT2D eigenvalue weighted by molar-refractivity contribution is 6.14. The van der Waals surface area contributed by atoms with Gasteiger partial charge in [0.15, 0.2) is 0 Å². The molecule has 0 spiro atoms. The Morgan fingerprint density at radius 3 is 2.62 bits per heavy atom. The number of aryl methyl sites for hydroxylation is 1. The van der Waals surface area contributed by atoms with Crippen LogP contribution < -0.4 is 5.32 Å². The number of carbonyl (C=O) groups is 2. The van der Waals surface area contributed by atoms with Crippen molar-refractivity contribution in [2.24, 2.45) is 0 Å². The second-order valence-corrected chi connectivity index (χ2v) is 7.77. The van der Waals surface area contributed by atoms with Crippen LogP contribution in [0.3, 0.4) is 0 Å². The first-order valence-corrected chi connectivity index (χ1v) is 9.69. The molecule has 29 heavy (non-hydrogen) atoms. The Bertz CT molecular complexity index is 1110. The van der Waals surface area contributed by atoms with E-state index in [1.165, 1.54) is 7.11 Å². The molecular formula is C22H23N3O4. The van der Waals surface area contributed by atoms with Crippen LogP contribution in [0.15, 0.2) is 28.8 Å². The van der Waals surface area contributed by atoms with Gasteiger partial charge in [-0.05, 0) is 43.9 Å². The number of nitrogens with zero attached hydrogens (tertiary/aromatic N) is 2. The van der Waals surface area contributed by atoms with Gasteiger partial charge in [0.05, 0.1) is 35.0 Å². The van der Waals surface area contributed by atoms with Crippen LogP contribution in [0.4, 0.5) is 5.69 Å². The summed E-state index contributed by atoms with van der Waals surface area (Å²) in [5.41, 5.74) is 3.96. The zero-order valence-electron chi connectivity index (χ0n) is 16.9. The summed E-state index contributed by atoms with van der Waals surface area (Å²) in [5.74, 6) is -0.418. The van der Waals surface area contributed by atoms with Crippen molar-refractivity contribution >= 4 is 28.7 Å². The summed E-state index contributed by atoms with van der Waals surface area (Å²) in [5, 5.41) is 7.63. The van der Waals surface area contributed by atoms with Crippen LogP contribution in [0.1, 0.15) is 76.2 Å². The van der Waals surface area contributed by atoms with Crippen LogP contribution in [-0.2, 0) is 4.74 Å². The van der Waals surface area contributed by atoms with Crippen molar-refractivity contribution in [1.29, 1.82) is 0 Å². The van der Waals surface area contributed by atoms with Gasteiger partial charge in [0.2, 0.25) is 0 Å². The third-order valence-electron chi connectivity index (χ3n) is 5.11. The van der Waals surface area contributed by atoms with Crippen LogP contribution in [0, 0.1) is 6.92 Å². The van der Waals surface area contributed by atoms with Gasteiger partial charge in [-0.3, -0.25) is 4.79 Å². The number of anilines is 1. The Balaban J connectivity index is 1.79. The van der Waals surface area contributed by atoms with Gasteiger partial charge in [0, 0.05) is 11.6 Å². The van der Waals surface area contributed by atoms with Crippen molar-refractivity contribution in [2.75, 3.05) is 12.4 Å². The van der Waals surface area contributed by atoms with E-state index < -0.39 is 5.97 Å². The van der Waals surface area contributed by atoms with Crippen LogP contribution in [0.25, 0.3) is 11.1 Å². The number of ether oxygens (including phenoxy) is 1. The highest BCUT2D eigenvalue weighted by Crippen LogP contribution is 2.41. The van der Waals surface area contributed by atoms with Crippen LogP contribution in [0.2, 0.25) is 0 Å². The van der Waals surface area contributed by atoms with E-state index in [0.717, 1.165) is 24.1 Å². The number of rotatable bonds is 5. The van der Waals surface area contributed by atoms with Crippen molar-refractivity contribution in [1.82, 2.24) is 10.1 Å². The monoisotopic (exact) mass is 393 g/mol. The molecule has 0 aliphatic heterocycles. The zero-order chi connectivity index (χ0) is 20.7. The average Bonchev–Trinajstić information content (AvgIpc) is 3.46. The second-order valence-electron chi connectivity index (χ2n) is 7.77. The number of amides is 1. The molecular weight excluding hydrogens is 370 g/mol. The average molecular weight is 393 g/mol. The van der Waals surface area contributed by atoms with Gasteiger partial charge in [-0.25, -0.2) is 9.78 Å². The lowest BCUT2D eigenvalue weighted by Gasteiger charge is -2.12. The Labute approximate surface area is 168 Å². The molecule has 1 aliphatic carbocycles. The van der Waals surface area contributed by atoms with Gasteiger partial charge in [-0.2, -0.15) is 0 Å². The third-order valence-corrected chi connectivity index (χ3v) is 5.11. The van der Waals surface area contributed by atoms with Crippen molar-refractivity contribution in [3.05, 3.63) is 52.3 Å². The van der Waals surface area contributed by atoms with Gasteiger partial charge in [0.25, 0.3) is 11.6 Å². The first kappa shape index (κ1) is 19.1. The molecule has 0 bridgehead atoms. The summed E-state index contributed by atoms with van der Waals surface area (Å²) in [7, 11) is 1.32. The molecule has 3 aromatic rings. The van der Waals surface area contributed by atoms with E-state index in [9.17, 15) is 9.59 Å². The third kappa shape index (κ3) is 3.60. The molecule has 1 saturated carbocycles. The minimum absolute atomic E-state index is 0.0707. The number of aromatic nitrogens is 2. The molecule has 2 heterocycles. The largest absolute Gasteiger partial charge is 0.465 e. The number of pyridine rings is 1. The van der Waals surface area contributed by atoms with Crippen molar-refractivity contribution in [3.8, 4) is 0 Å². The fraction of sp³-hybridized carbons (Fsp3) is 0.364. The van der Waals surface area contributed by atoms with Crippen molar-refractivity contribution in [3.63, 3.8) is 0 Å². The summed E-state index contributed by atoms with van der Waals surface area (Å²) in [6.07, 6.45) is 2.10. The van der Waals surface area contributed by atoms with Crippen molar-refractivity contribution in [2.45, 2.75) is 45.4 Å². The predicted molar refractivity (Wildman–Crippen MR) is 108 cm³/mol. The Hall–Kier alpha value is -3.22. The van der Waals surface area contributed by atoms with E-state index in [-0.39, 0.29) is 11.8 Å². The molecule has 150 valence electrons. The van der Waals surface area contributed by atoms with E-state index in [2.05, 4.69) is 15.5 Å². The molecule has 1 aromatic carbocycles. The fourth-order valence-corrected chi connectivity index (χ4v) is 3.39. The number of nitrogens with one attached hydrogen (secondary N) is 1. The summed E-state index contributed by atoms with van der Waals surface area (Å²) < 4.78 is 10.3. The number of methoxy groups -OCH3 is 1. The van der Waals surface area contributed by atoms with E-state index in [1.54, 1.807) is 12.1 Å². The fourth-order valence-electron chi connectivity index (χ4n) is 3.39. The number of fused-ring (bicyclic) bond motifs is 1. The SMILES string of the molecule is COC(=O)c1cc(C)ccc1NC(=O)c1cc(C2CC2)nc2onc(C(C)C)c12. The standard InChI is InChI=1S/C22H23N3O4/c1-11(2)19-18-15(10-17(13-6-7-13)24-21(18)29-25-19)20(26)23-16-8-5-12(3)9-14(16)22(27)28-4/h5,8-11,13H,6-7H2,1-4H3,(H,23,26). The highest BCUT2D eigenvalue weighted by atomic mass is 16.5. The minimum atomic E-state index is -0.504. The summed E-state index contributed by atoms with van der Waals surface area (Å²) >= 11 is 0. The lowest BCUT2D eigenvalue weighted by molar-refractivity contribution is 0.0602. The number of hydrogen-bond donors (Lipinski definition) is 1. The summed E-state index contributed by atoms with van der Waals surface area (Å²) in [6, 6.07) is 7.05. The number of carbonyl (C=O) groups excluding carboxylic acids is 2. The Morgan fingerprint density at radius 1 is 1.21 bits per heavy atom. The molecule has 4 rings (SSSR count). The molecule has 1 amide bonds. The lowest BCUT2D eigenvalue weighted by Crippen LogP contribution is -2.17. The van der Waals surface area contributed by atoms with E-state index in [4.69, 9.17) is 9.26 Å². The molecule has 0 unspecified atom stereocenters. The molecule has 2 aromatic heterocycles. The minimum Gasteiger partial charge on any atom is -0.465 e. The molecule has 0 radical (unpaired) electrons. The van der Waals surface area contributed by atoms with Crippen LogP contribution in [0.5, 0.6) is 0 Å². The number of hydrogen-bond acceptors (Lipinski definition) is 6. The summed E-state index contributed by atoms with van der Waals surface area (Å²) in [4.78, 5) is 30.0. The quantitative estimate of drug-likeness (QED) is 0.638. The first-order valence-electron chi connectivity index (χ1n) is 9.69.